The molecule has 0 radical (unpaired) electrons. The van der Waals surface area contributed by atoms with Gasteiger partial charge in [-0.2, -0.15) is 0 Å². The first kappa shape index (κ1) is 17.8. The molecule has 2 unspecified atom stereocenters. The van der Waals surface area contributed by atoms with Crippen LogP contribution in [0.2, 0.25) is 0 Å². The van der Waals surface area contributed by atoms with Gasteiger partial charge in [0.15, 0.2) is 5.96 Å². The molecule has 1 aromatic carbocycles. The molecular weight excluding hydrogens is 300 g/mol. The average Bonchev–Trinajstić information content (AvgIpc) is 2.65. The minimum Gasteiger partial charge on any atom is -0.490 e. The summed E-state index contributed by atoms with van der Waals surface area (Å²) < 4.78 is 5.61. The summed E-state index contributed by atoms with van der Waals surface area (Å²) in [5.41, 5.74) is 1.31. The highest BCUT2D eigenvalue weighted by atomic mass is 16.5. The first-order chi connectivity index (χ1) is 11.7. The van der Waals surface area contributed by atoms with Gasteiger partial charge in [-0.3, -0.25) is 9.98 Å². The van der Waals surface area contributed by atoms with Crippen molar-refractivity contribution in [2.45, 2.75) is 25.8 Å². The first-order valence-corrected chi connectivity index (χ1v) is 8.25. The Morgan fingerprint density at radius 2 is 1.96 bits per heavy atom. The van der Waals surface area contributed by atoms with Crippen molar-refractivity contribution in [2.75, 3.05) is 20.2 Å². The van der Waals surface area contributed by atoms with Gasteiger partial charge >= 0.3 is 0 Å². The van der Waals surface area contributed by atoms with Crippen LogP contribution in [-0.2, 0) is 0 Å². The topological polar surface area (TPSA) is 58.5 Å². The number of rotatable bonds is 7. The highest BCUT2D eigenvalue weighted by molar-refractivity contribution is 5.80. The Balaban J connectivity index is 1.75. The second-order valence-corrected chi connectivity index (χ2v) is 5.67. The van der Waals surface area contributed by atoms with Crippen molar-refractivity contribution in [3.63, 3.8) is 0 Å². The van der Waals surface area contributed by atoms with Crippen molar-refractivity contribution in [3.8, 4) is 5.75 Å². The second-order valence-electron chi connectivity index (χ2n) is 5.67. The molecule has 128 valence electrons. The normalized spacial score (nSPS) is 13.9. The van der Waals surface area contributed by atoms with Gasteiger partial charge in [0.1, 0.15) is 12.4 Å². The average molecular weight is 326 g/mol. The van der Waals surface area contributed by atoms with Gasteiger partial charge in [0.05, 0.1) is 12.7 Å². The molecule has 2 atom stereocenters. The van der Waals surface area contributed by atoms with Gasteiger partial charge in [-0.25, -0.2) is 0 Å². The number of aromatic nitrogens is 1. The maximum Gasteiger partial charge on any atom is 0.191 e. The largest absolute Gasteiger partial charge is 0.490 e. The van der Waals surface area contributed by atoms with E-state index in [1.807, 2.05) is 18.2 Å². The molecule has 1 heterocycles. The maximum atomic E-state index is 5.61. The smallest absolute Gasteiger partial charge is 0.191 e. The summed E-state index contributed by atoms with van der Waals surface area (Å²) in [6.45, 7) is 5.60. The summed E-state index contributed by atoms with van der Waals surface area (Å²) in [6.07, 6.45) is 3.43. The van der Waals surface area contributed by atoms with E-state index in [0.717, 1.165) is 11.7 Å². The van der Waals surface area contributed by atoms with Gasteiger partial charge in [-0.1, -0.05) is 37.3 Å². The van der Waals surface area contributed by atoms with Crippen LogP contribution >= 0.6 is 0 Å². The Hall–Kier alpha value is -2.56. The monoisotopic (exact) mass is 326 g/mol. The fourth-order valence-electron chi connectivity index (χ4n) is 2.35. The van der Waals surface area contributed by atoms with Gasteiger partial charge in [-0.15, -0.1) is 0 Å². The molecule has 2 N–H and O–H groups in total. The Kier molecular flexibility index (Phi) is 7.08. The standard InChI is InChI=1S/C19H26N4O/c1-15(17-8-5-4-6-9-17)16(2)23-19(20-3)22-12-13-24-18-10-7-11-21-14-18/h4-11,14-16H,12-13H2,1-3H3,(H2,20,22,23). The van der Waals surface area contributed by atoms with Crippen molar-refractivity contribution in [1.29, 1.82) is 0 Å². The van der Waals surface area contributed by atoms with E-state index in [4.69, 9.17) is 4.74 Å². The molecular formula is C19H26N4O. The van der Waals surface area contributed by atoms with Crippen molar-refractivity contribution >= 4 is 5.96 Å². The summed E-state index contributed by atoms with van der Waals surface area (Å²) in [4.78, 5) is 8.30. The molecule has 0 saturated carbocycles. The van der Waals surface area contributed by atoms with Crippen molar-refractivity contribution in [2.24, 2.45) is 4.99 Å². The zero-order valence-corrected chi connectivity index (χ0v) is 14.6. The van der Waals surface area contributed by atoms with E-state index in [1.54, 1.807) is 19.4 Å². The summed E-state index contributed by atoms with van der Waals surface area (Å²) in [5, 5.41) is 6.70. The third-order valence-corrected chi connectivity index (χ3v) is 3.96. The predicted molar refractivity (Wildman–Crippen MR) is 98.5 cm³/mol. The van der Waals surface area contributed by atoms with E-state index in [0.29, 0.717) is 19.1 Å². The molecule has 0 aliphatic heterocycles. The quantitative estimate of drug-likeness (QED) is 0.467. The van der Waals surface area contributed by atoms with Gasteiger partial charge in [0, 0.05) is 25.2 Å². The number of ether oxygens (including phenoxy) is 1. The van der Waals surface area contributed by atoms with E-state index < -0.39 is 0 Å². The number of hydrogen-bond donors (Lipinski definition) is 2. The lowest BCUT2D eigenvalue weighted by atomic mass is 9.94. The maximum absolute atomic E-state index is 5.61. The summed E-state index contributed by atoms with van der Waals surface area (Å²) in [5.74, 6) is 1.93. The number of benzene rings is 1. The van der Waals surface area contributed by atoms with Crippen molar-refractivity contribution in [3.05, 3.63) is 60.4 Å². The number of pyridine rings is 1. The number of aliphatic imine (C=N–C) groups is 1. The fourth-order valence-corrected chi connectivity index (χ4v) is 2.35. The molecule has 0 fully saturated rings. The molecule has 0 amide bonds. The Bertz CT molecular complexity index is 616. The Morgan fingerprint density at radius 3 is 2.62 bits per heavy atom. The molecule has 0 bridgehead atoms. The third kappa shape index (κ3) is 5.57. The van der Waals surface area contributed by atoms with E-state index in [9.17, 15) is 0 Å². The van der Waals surface area contributed by atoms with Crippen LogP contribution in [0.4, 0.5) is 0 Å². The van der Waals surface area contributed by atoms with Gasteiger partial charge in [0.25, 0.3) is 0 Å². The Labute approximate surface area is 144 Å². The van der Waals surface area contributed by atoms with Crippen LogP contribution in [0.5, 0.6) is 5.75 Å². The van der Waals surface area contributed by atoms with Gasteiger partial charge in [-0.05, 0) is 24.6 Å². The predicted octanol–water partition coefficient (Wildman–Crippen LogP) is 2.82. The van der Waals surface area contributed by atoms with Crippen LogP contribution in [0.1, 0.15) is 25.3 Å². The minimum atomic E-state index is 0.262. The van der Waals surface area contributed by atoms with Crippen LogP contribution in [0.25, 0.3) is 0 Å². The SMILES string of the molecule is CN=C(NCCOc1cccnc1)NC(C)C(C)c1ccccc1. The summed E-state index contributed by atoms with van der Waals surface area (Å²) in [7, 11) is 1.78. The third-order valence-electron chi connectivity index (χ3n) is 3.96. The molecule has 2 rings (SSSR count). The molecule has 0 saturated heterocycles. The van der Waals surface area contributed by atoms with Crippen LogP contribution < -0.4 is 15.4 Å². The Morgan fingerprint density at radius 1 is 1.17 bits per heavy atom. The molecule has 0 spiro atoms. The zero-order chi connectivity index (χ0) is 17.2. The van der Waals surface area contributed by atoms with Gasteiger partial charge in [0.2, 0.25) is 0 Å². The zero-order valence-electron chi connectivity index (χ0n) is 14.6. The molecule has 5 nitrogen and oxygen atoms in total. The highest BCUT2D eigenvalue weighted by Gasteiger charge is 2.15. The molecule has 0 aliphatic rings. The van der Waals surface area contributed by atoms with E-state index >= 15 is 0 Å². The summed E-state index contributed by atoms with van der Waals surface area (Å²) >= 11 is 0. The van der Waals surface area contributed by atoms with Gasteiger partial charge < -0.3 is 15.4 Å². The molecule has 2 aromatic rings. The van der Waals surface area contributed by atoms with Crippen molar-refractivity contribution < 1.29 is 4.74 Å². The van der Waals surface area contributed by atoms with Crippen LogP contribution in [0, 0.1) is 0 Å². The molecule has 5 heteroatoms. The molecule has 0 aliphatic carbocycles. The number of guanidine groups is 1. The fraction of sp³-hybridized carbons (Fsp3) is 0.368. The lowest BCUT2D eigenvalue weighted by Gasteiger charge is -2.24. The minimum absolute atomic E-state index is 0.262. The number of nitrogens with one attached hydrogen (secondary N) is 2. The second kappa shape index (κ2) is 9.55. The van der Waals surface area contributed by atoms with Crippen LogP contribution in [0.15, 0.2) is 59.9 Å². The number of hydrogen-bond acceptors (Lipinski definition) is 3. The summed E-state index contributed by atoms with van der Waals surface area (Å²) in [6, 6.07) is 14.5. The number of nitrogens with zero attached hydrogens (tertiary/aromatic N) is 2. The van der Waals surface area contributed by atoms with E-state index in [2.05, 4.69) is 58.7 Å². The lowest BCUT2D eigenvalue weighted by Crippen LogP contribution is -2.45. The van der Waals surface area contributed by atoms with Crippen LogP contribution in [0.3, 0.4) is 0 Å². The van der Waals surface area contributed by atoms with Crippen LogP contribution in [-0.4, -0.2) is 37.2 Å². The molecule has 24 heavy (non-hydrogen) atoms. The van der Waals surface area contributed by atoms with E-state index in [1.165, 1.54) is 5.56 Å². The highest BCUT2D eigenvalue weighted by Crippen LogP contribution is 2.18. The lowest BCUT2D eigenvalue weighted by molar-refractivity contribution is 0.320. The van der Waals surface area contributed by atoms with Crippen molar-refractivity contribution in [1.82, 2.24) is 15.6 Å². The molecule has 1 aromatic heterocycles. The first-order valence-electron chi connectivity index (χ1n) is 8.25. The van der Waals surface area contributed by atoms with E-state index in [-0.39, 0.29) is 6.04 Å².